The van der Waals surface area contributed by atoms with Crippen molar-refractivity contribution in [2.45, 2.75) is 26.3 Å². The van der Waals surface area contributed by atoms with Crippen LogP contribution in [0.3, 0.4) is 0 Å². The summed E-state index contributed by atoms with van der Waals surface area (Å²) in [6, 6.07) is 4.15. The number of carbonyl (C=O) groups is 2. The summed E-state index contributed by atoms with van der Waals surface area (Å²) in [6.45, 7) is 3.46. The van der Waals surface area contributed by atoms with Crippen LogP contribution in [-0.2, 0) is 4.79 Å². The summed E-state index contributed by atoms with van der Waals surface area (Å²) in [5.74, 6) is -1.32. The first kappa shape index (κ1) is 13.2. The van der Waals surface area contributed by atoms with E-state index in [1.54, 1.807) is 19.1 Å². The Hall–Kier alpha value is -1.88. The Kier molecular flexibility index (Phi) is 4.23. The van der Waals surface area contributed by atoms with Crippen LogP contribution in [0.4, 0.5) is 5.69 Å². The van der Waals surface area contributed by atoms with Gasteiger partial charge in [-0.2, -0.15) is 0 Å². The van der Waals surface area contributed by atoms with E-state index in [0.29, 0.717) is 17.7 Å². The van der Waals surface area contributed by atoms with E-state index in [4.69, 9.17) is 10.8 Å². The number of benzene rings is 1. The van der Waals surface area contributed by atoms with Crippen LogP contribution in [0.25, 0.3) is 0 Å². The molecule has 1 unspecified atom stereocenters. The van der Waals surface area contributed by atoms with Gasteiger partial charge in [-0.15, -0.1) is 0 Å². The predicted octanol–water partition coefficient (Wildman–Crippen LogP) is 1.37. The molecule has 0 saturated carbocycles. The van der Waals surface area contributed by atoms with Crippen LogP contribution in [0.1, 0.15) is 29.3 Å². The van der Waals surface area contributed by atoms with Crippen LogP contribution < -0.4 is 11.1 Å². The van der Waals surface area contributed by atoms with Crippen molar-refractivity contribution in [3.05, 3.63) is 29.3 Å². The summed E-state index contributed by atoms with van der Waals surface area (Å²) in [5.41, 5.74) is 6.77. The average Bonchev–Trinajstić information content (AvgIpc) is 2.30. The molecule has 0 heterocycles. The second kappa shape index (κ2) is 5.45. The molecule has 0 aromatic heterocycles. The normalized spacial score (nSPS) is 11.9. The van der Waals surface area contributed by atoms with Crippen LogP contribution in [0.2, 0.25) is 0 Å². The molecule has 5 heteroatoms. The highest BCUT2D eigenvalue weighted by atomic mass is 16.4. The number of carbonyl (C=O) groups excluding carboxylic acids is 1. The molecular weight excluding hydrogens is 220 g/mol. The number of nitrogens with one attached hydrogen (secondary N) is 1. The smallest absolute Gasteiger partial charge is 0.336 e. The number of hydrogen-bond donors (Lipinski definition) is 3. The largest absolute Gasteiger partial charge is 0.478 e. The van der Waals surface area contributed by atoms with E-state index in [0.717, 1.165) is 0 Å². The van der Waals surface area contributed by atoms with Gasteiger partial charge in [-0.25, -0.2) is 4.79 Å². The van der Waals surface area contributed by atoms with Gasteiger partial charge in [0.1, 0.15) is 0 Å². The summed E-state index contributed by atoms with van der Waals surface area (Å²) in [4.78, 5) is 22.5. The van der Waals surface area contributed by atoms with Gasteiger partial charge in [0, 0.05) is 5.69 Å². The lowest BCUT2D eigenvalue weighted by molar-refractivity contribution is -0.117. The molecule has 1 aromatic carbocycles. The number of hydrogen-bond acceptors (Lipinski definition) is 3. The van der Waals surface area contributed by atoms with Gasteiger partial charge >= 0.3 is 5.97 Å². The first-order valence-electron chi connectivity index (χ1n) is 5.36. The lowest BCUT2D eigenvalue weighted by Gasteiger charge is -2.13. The summed E-state index contributed by atoms with van der Waals surface area (Å²) in [5, 5.41) is 11.6. The van der Waals surface area contributed by atoms with Crippen LogP contribution >= 0.6 is 0 Å². The minimum absolute atomic E-state index is 0.174. The number of amides is 1. The Morgan fingerprint density at radius 3 is 2.65 bits per heavy atom. The summed E-state index contributed by atoms with van der Waals surface area (Å²) >= 11 is 0. The molecule has 0 aliphatic carbocycles. The van der Waals surface area contributed by atoms with Crippen LogP contribution in [0.5, 0.6) is 0 Å². The summed E-state index contributed by atoms with van der Waals surface area (Å²) in [7, 11) is 0. The zero-order valence-corrected chi connectivity index (χ0v) is 9.86. The molecule has 0 aliphatic heterocycles. The SMILES string of the molecule is CCC(N)C(=O)Nc1cccc(C(=O)O)c1C. The lowest BCUT2D eigenvalue weighted by atomic mass is 10.1. The van der Waals surface area contributed by atoms with Crippen molar-refractivity contribution in [1.82, 2.24) is 0 Å². The van der Waals surface area contributed by atoms with E-state index in [9.17, 15) is 9.59 Å². The third-order valence-electron chi connectivity index (χ3n) is 2.60. The van der Waals surface area contributed by atoms with E-state index in [-0.39, 0.29) is 11.5 Å². The highest BCUT2D eigenvalue weighted by Gasteiger charge is 2.15. The van der Waals surface area contributed by atoms with Crippen LogP contribution in [-0.4, -0.2) is 23.0 Å². The quantitative estimate of drug-likeness (QED) is 0.736. The number of rotatable bonds is 4. The van der Waals surface area contributed by atoms with Crippen molar-refractivity contribution >= 4 is 17.6 Å². The maximum Gasteiger partial charge on any atom is 0.336 e. The van der Waals surface area contributed by atoms with Crippen molar-refractivity contribution in [3.8, 4) is 0 Å². The molecule has 0 aliphatic rings. The monoisotopic (exact) mass is 236 g/mol. The molecule has 0 bridgehead atoms. The van der Waals surface area contributed by atoms with Gasteiger partial charge in [0.15, 0.2) is 0 Å². The fourth-order valence-electron chi connectivity index (χ4n) is 1.41. The summed E-state index contributed by atoms with van der Waals surface area (Å²) < 4.78 is 0. The fraction of sp³-hybridized carbons (Fsp3) is 0.333. The highest BCUT2D eigenvalue weighted by Crippen LogP contribution is 2.19. The molecule has 92 valence electrons. The van der Waals surface area contributed by atoms with E-state index in [1.807, 2.05) is 6.92 Å². The Labute approximate surface area is 99.6 Å². The molecular formula is C12H16N2O3. The van der Waals surface area contributed by atoms with E-state index >= 15 is 0 Å². The number of anilines is 1. The number of carboxylic acids is 1. The van der Waals surface area contributed by atoms with E-state index in [2.05, 4.69) is 5.32 Å². The first-order chi connectivity index (χ1) is 7.97. The standard InChI is InChI=1S/C12H16N2O3/c1-3-9(13)11(15)14-10-6-4-5-8(7(10)2)12(16)17/h4-6,9H,3,13H2,1-2H3,(H,14,15)(H,16,17). The maximum atomic E-state index is 11.6. The molecule has 1 rings (SSSR count). The molecule has 5 nitrogen and oxygen atoms in total. The first-order valence-corrected chi connectivity index (χ1v) is 5.36. The van der Waals surface area contributed by atoms with Crippen molar-refractivity contribution < 1.29 is 14.7 Å². The molecule has 4 N–H and O–H groups in total. The van der Waals surface area contributed by atoms with Crippen molar-refractivity contribution in [2.24, 2.45) is 5.73 Å². The second-order valence-electron chi connectivity index (χ2n) is 3.79. The van der Waals surface area contributed by atoms with Gasteiger partial charge in [-0.1, -0.05) is 13.0 Å². The van der Waals surface area contributed by atoms with Gasteiger partial charge in [-0.3, -0.25) is 4.79 Å². The Bertz CT molecular complexity index is 443. The van der Waals surface area contributed by atoms with E-state index < -0.39 is 12.0 Å². The third kappa shape index (κ3) is 3.04. The molecule has 0 saturated heterocycles. The molecule has 0 radical (unpaired) electrons. The van der Waals surface area contributed by atoms with Gasteiger partial charge in [-0.05, 0) is 31.0 Å². The molecule has 1 amide bonds. The molecule has 1 aromatic rings. The predicted molar refractivity (Wildman–Crippen MR) is 65.0 cm³/mol. The zero-order valence-electron chi connectivity index (χ0n) is 9.86. The minimum atomic E-state index is -1.02. The van der Waals surface area contributed by atoms with E-state index in [1.165, 1.54) is 6.07 Å². The maximum absolute atomic E-state index is 11.6. The Morgan fingerprint density at radius 1 is 1.47 bits per heavy atom. The summed E-state index contributed by atoms with van der Waals surface area (Å²) in [6.07, 6.45) is 0.531. The van der Waals surface area contributed by atoms with Crippen molar-refractivity contribution in [3.63, 3.8) is 0 Å². The molecule has 1 atom stereocenters. The Balaban J connectivity index is 2.96. The van der Waals surface area contributed by atoms with Crippen molar-refractivity contribution in [2.75, 3.05) is 5.32 Å². The third-order valence-corrected chi connectivity index (χ3v) is 2.60. The van der Waals surface area contributed by atoms with Crippen LogP contribution in [0, 0.1) is 6.92 Å². The second-order valence-corrected chi connectivity index (χ2v) is 3.79. The Morgan fingerprint density at radius 2 is 2.12 bits per heavy atom. The van der Waals surface area contributed by atoms with Crippen molar-refractivity contribution in [1.29, 1.82) is 0 Å². The topological polar surface area (TPSA) is 92.4 Å². The van der Waals surface area contributed by atoms with Crippen LogP contribution in [0.15, 0.2) is 18.2 Å². The number of aromatic carboxylic acids is 1. The molecule has 0 spiro atoms. The number of carboxylic acid groups (broad SMARTS) is 1. The molecule has 0 fully saturated rings. The average molecular weight is 236 g/mol. The van der Waals surface area contributed by atoms with Gasteiger partial charge in [0.05, 0.1) is 11.6 Å². The van der Waals surface area contributed by atoms with Gasteiger partial charge < -0.3 is 16.2 Å². The zero-order chi connectivity index (χ0) is 13.0. The highest BCUT2D eigenvalue weighted by molar-refractivity contribution is 5.98. The lowest BCUT2D eigenvalue weighted by Crippen LogP contribution is -2.35. The van der Waals surface area contributed by atoms with Gasteiger partial charge in [0.25, 0.3) is 0 Å². The number of nitrogens with two attached hydrogens (primary N) is 1. The minimum Gasteiger partial charge on any atom is -0.478 e. The van der Waals surface area contributed by atoms with Gasteiger partial charge in [0.2, 0.25) is 5.91 Å². The fourth-order valence-corrected chi connectivity index (χ4v) is 1.41. The molecule has 17 heavy (non-hydrogen) atoms.